The number of anilines is 3. The first-order valence-corrected chi connectivity index (χ1v) is 18.3. The van der Waals surface area contributed by atoms with Crippen molar-refractivity contribution in [3.8, 4) is 33.7 Å². The lowest BCUT2D eigenvalue weighted by Crippen LogP contribution is -2.10. The molecule has 10 rings (SSSR count). The van der Waals surface area contributed by atoms with Gasteiger partial charge in [-0.25, -0.2) is 0 Å². The zero-order valence-electron chi connectivity index (χ0n) is 29.1. The van der Waals surface area contributed by atoms with Crippen molar-refractivity contribution in [2.45, 2.75) is 12.5 Å². The van der Waals surface area contributed by atoms with Gasteiger partial charge in [-0.2, -0.15) is 0 Å². The molecule has 252 valence electrons. The van der Waals surface area contributed by atoms with Crippen LogP contribution >= 0.6 is 0 Å². The Hall–Kier alpha value is -6.84. The second-order valence-electron chi connectivity index (χ2n) is 13.7. The van der Waals surface area contributed by atoms with Gasteiger partial charge >= 0.3 is 0 Å². The van der Waals surface area contributed by atoms with Crippen molar-refractivity contribution in [1.82, 2.24) is 4.57 Å². The predicted molar refractivity (Wildman–Crippen MR) is 220 cm³/mol. The van der Waals surface area contributed by atoms with Crippen molar-refractivity contribution in [3.63, 3.8) is 0 Å². The second kappa shape index (κ2) is 13.0. The monoisotopic (exact) mass is 680 g/mol. The molecular weight excluding hydrogens is 645 g/mol. The van der Waals surface area contributed by atoms with Crippen molar-refractivity contribution in [1.29, 1.82) is 0 Å². The largest absolute Gasteiger partial charge is 0.485 e. The van der Waals surface area contributed by atoms with Crippen LogP contribution in [0.1, 0.15) is 17.2 Å². The molecule has 8 aromatic carbocycles. The average molecular weight is 681 g/mol. The van der Waals surface area contributed by atoms with Gasteiger partial charge in [0.25, 0.3) is 0 Å². The fourth-order valence-electron chi connectivity index (χ4n) is 7.90. The van der Waals surface area contributed by atoms with E-state index in [0.717, 1.165) is 29.2 Å². The number of fused-ring (bicyclic) bond motifs is 4. The van der Waals surface area contributed by atoms with E-state index >= 15 is 0 Å². The molecule has 0 N–H and O–H groups in total. The van der Waals surface area contributed by atoms with Gasteiger partial charge in [-0.3, -0.25) is 0 Å². The van der Waals surface area contributed by atoms with Crippen LogP contribution in [0.4, 0.5) is 17.1 Å². The van der Waals surface area contributed by atoms with Gasteiger partial charge in [-0.1, -0.05) is 127 Å². The van der Waals surface area contributed by atoms with Crippen molar-refractivity contribution in [2.75, 3.05) is 4.90 Å². The van der Waals surface area contributed by atoms with Crippen LogP contribution in [0.25, 0.3) is 49.7 Å². The standard InChI is InChI=1S/C50H36N2O/c1-3-11-35(12-4-1)36-19-26-42(27-20-36)51(44-30-23-38(24-31-44)50-34-40-13-7-10-18-49(40)53-50)43-28-21-37(22-29-43)39-25-32-48-46(33-39)45-16-8-9-17-47(45)52(48)41-14-5-2-6-15-41/h1-33,50H,34H2. The van der Waals surface area contributed by atoms with E-state index in [2.05, 4.69) is 204 Å². The highest BCUT2D eigenvalue weighted by molar-refractivity contribution is 6.10. The molecule has 9 aromatic rings. The van der Waals surface area contributed by atoms with Crippen LogP contribution in [0.15, 0.2) is 200 Å². The highest BCUT2D eigenvalue weighted by Crippen LogP contribution is 2.41. The minimum Gasteiger partial charge on any atom is -0.485 e. The third-order valence-corrected chi connectivity index (χ3v) is 10.5. The molecule has 1 aliphatic rings. The van der Waals surface area contributed by atoms with E-state index in [0.29, 0.717) is 0 Å². The smallest absolute Gasteiger partial charge is 0.128 e. The number of hydrogen-bond donors (Lipinski definition) is 0. The van der Waals surface area contributed by atoms with Crippen LogP contribution in [-0.2, 0) is 6.42 Å². The molecule has 0 fully saturated rings. The SMILES string of the molecule is c1ccc(-c2ccc(N(c3ccc(-c4ccc5c(c4)c4ccccc4n5-c4ccccc4)cc3)c3ccc(C4Cc5ccccc5O4)cc3)cc2)cc1. The molecule has 0 spiro atoms. The number of rotatable bonds is 7. The average Bonchev–Trinajstić information content (AvgIpc) is 3.82. The van der Waals surface area contributed by atoms with E-state index in [1.807, 2.05) is 6.07 Å². The molecule has 1 atom stereocenters. The Labute approximate surface area is 309 Å². The molecule has 3 nitrogen and oxygen atoms in total. The van der Waals surface area contributed by atoms with Gasteiger partial charge in [0.1, 0.15) is 11.9 Å². The number of nitrogens with zero attached hydrogens (tertiary/aromatic N) is 2. The zero-order valence-corrected chi connectivity index (χ0v) is 29.1. The molecule has 0 aliphatic carbocycles. The van der Waals surface area contributed by atoms with Crippen molar-refractivity contribution < 1.29 is 4.74 Å². The van der Waals surface area contributed by atoms with Gasteiger partial charge in [0.15, 0.2) is 0 Å². The van der Waals surface area contributed by atoms with E-state index in [-0.39, 0.29) is 6.10 Å². The Morgan fingerprint density at radius 1 is 0.434 bits per heavy atom. The third-order valence-electron chi connectivity index (χ3n) is 10.5. The summed E-state index contributed by atoms with van der Waals surface area (Å²) >= 11 is 0. The van der Waals surface area contributed by atoms with Gasteiger partial charge in [0.05, 0.1) is 11.0 Å². The molecule has 0 radical (unpaired) electrons. The number of aromatic nitrogens is 1. The maximum absolute atomic E-state index is 6.33. The number of ether oxygens (including phenoxy) is 1. The normalized spacial score (nSPS) is 13.5. The van der Waals surface area contributed by atoms with Gasteiger partial charge in [-0.15, -0.1) is 0 Å². The lowest BCUT2D eigenvalue weighted by Gasteiger charge is -2.26. The second-order valence-corrected chi connectivity index (χ2v) is 13.7. The van der Waals surface area contributed by atoms with E-state index < -0.39 is 0 Å². The molecule has 53 heavy (non-hydrogen) atoms. The first-order valence-electron chi connectivity index (χ1n) is 18.3. The summed E-state index contributed by atoms with van der Waals surface area (Å²) in [6.45, 7) is 0. The number of benzene rings is 8. The molecule has 0 saturated carbocycles. The lowest BCUT2D eigenvalue weighted by atomic mass is 10.0. The van der Waals surface area contributed by atoms with E-state index in [1.165, 1.54) is 60.9 Å². The Kier molecular flexibility index (Phi) is 7.62. The summed E-state index contributed by atoms with van der Waals surface area (Å²) in [6.07, 6.45) is 0.915. The molecule has 1 aromatic heterocycles. The third kappa shape index (κ3) is 5.64. The summed E-state index contributed by atoms with van der Waals surface area (Å²) in [4.78, 5) is 2.34. The molecule has 3 heteroatoms. The maximum Gasteiger partial charge on any atom is 0.128 e. The molecule has 1 aliphatic heterocycles. The molecule has 0 amide bonds. The van der Waals surface area contributed by atoms with Crippen molar-refractivity contribution in [3.05, 3.63) is 211 Å². The Bertz CT molecular complexity index is 2670. The fourth-order valence-corrected chi connectivity index (χ4v) is 7.90. The van der Waals surface area contributed by atoms with Crippen LogP contribution < -0.4 is 9.64 Å². The summed E-state index contributed by atoms with van der Waals surface area (Å²) in [6, 6.07) is 71.8. The van der Waals surface area contributed by atoms with Crippen molar-refractivity contribution >= 4 is 38.9 Å². The number of hydrogen-bond acceptors (Lipinski definition) is 2. The molecule has 0 bridgehead atoms. The number of para-hydroxylation sites is 3. The first kappa shape index (κ1) is 30.9. The van der Waals surface area contributed by atoms with Gasteiger partial charge in [-0.05, 0) is 106 Å². The van der Waals surface area contributed by atoms with E-state index in [1.54, 1.807) is 0 Å². The Morgan fingerprint density at radius 2 is 0.962 bits per heavy atom. The molecular formula is C50H36N2O. The Balaban J connectivity index is 1.01. The highest BCUT2D eigenvalue weighted by atomic mass is 16.5. The topological polar surface area (TPSA) is 17.4 Å². The summed E-state index contributed by atoms with van der Waals surface area (Å²) < 4.78 is 8.69. The summed E-state index contributed by atoms with van der Waals surface area (Å²) in [5.41, 5.74) is 14.1. The maximum atomic E-state index is 6.33. The molecule has 1 unspecified atom stereocenters. The summed E-state index contributed by atoms with van der Waals surface area (Å²) in [7, 11) is 0. The van der Waals surface area contributed by atoms with Crippen LogP contribution in [0.3, 0.4) is 0 Å². The Morgan fingerprint density at radius 3 is 1.66 bits per heavy atom. The summed E-state index contributed by atoms with van der Waals surface area (Å²) in [5.74, 6) is 0.989. The fraction of sp³-hybridized carbons (Fsp3) is 0.0400. The van der Waals surface area contributed by atoms with E-state index in [4.69, 9.17) is 4.74 Å². The van der Waals surface area contributed by atoms with Crippen molar-refractivity contribution in [2.24, 2.45) is 0 Å². The summed E-state index contributed by atoms with van der Waals surface area (Å²) in [5, 5.41) is 2.51. The van der Waals surface area contributed by atoms with Gasteiger partial charge in [0, 0.05) is 39.9 Å². The van der Waals surface area contributed by atoms with Crippen LogP contribution in [0.5, 0.6) is 5.75 Å². The lowest BCUT2D eigenvalue weighted by molar-refractivity contribution is 0.239. The molecule has 0 saturated heterocycles. The van der Waals surface area contributed by atoms with Gasteiger partial charge < -0.3 is 14.2 Å². The predicted octanol–water partition coefficient (Wildman–Crippen LogP) is 13.3. The zero-order chi connectivity index (χ0) is 35.1. The van der Waals surface area contributed by atoms with Gasteiger partial charge in [0.2, 0.25) is 0 Å². The van der Waals surface area contributed by atoms with Crippen LogP contribution in [-0.4, -0.2) is 4.57 Å². The minimum absolute atomic E-state index is 0.0263. The van der Waals surface area contributed by atoms with Crippen LogP contribution in [0.2, 0.25) is 0 Å². The first-order chi connectivity index (χ1) is 26.3. The van der Waals surface area contributed by atoms with Crippen LogP contribution in [0, 0.1) is 0 Å². The van der Waals surface area contributed by atoms with E-state index in [9.17, 15) is 0 Å². The molecule has 2 heterocycles. The highest BCUT2D eigenvalue weighted by Gasteiger charge is 2.24. The quantitative estimate of drug-likeness (QED) is 0.167. The minimum atomic E-state index is 0.0263.